The summed E-state index contributed by atoms with van der Waals surface area (Å²) in [5.74, 6) is 0.959. The first-order chi connectivity index (χ1) is 11.6. The number of aromatic nitrogens is 2. The lowest BCUT2D eigenvalue weighted by Crippen LogP contribution is -2.22. The van der Waals surface area contributed by atoms with Crippen LogP contribution in [-0.2, 0) is 19.6 Å². The summed E-state index contributed by atoms with van der Waals surface area (Å²) < 4.78 is 7.49. The number of rotatable bonds is 9. The average Bonchev–Trinajstić information content (AvgIpc) is 2.98. The predicted molar refractivity (Wildman–Crippen MR) is 99.6 cm³/mol. The number of methoxy groups -OCH3 is 1. The summed E-state index contributed by atoms with van der Waals surface area (Å²) in [5.41, 5.74) is 4.62. The summed E-state index contributed by atoms with van der Waals surface area (Å²) in [6.07, 6.45) is 2.07. The van der Waals surface area contributed by atoms with Gasteiger partial charge in [0.15, 0.2) is 0 Å². The van der Waals surface area contributed by atoms with E-state index in [4.69, 9.17) is 4.74 Å². The smallest absolute Gasteiger partial charge is 0.123 e. The van der Waals surface area contributed by atoms with Gasteiger partial charge >= 0.3 is 0 Å². The summed E-state index contributed by atoms with van der Waals surface area (Å²) in [4.78, 5) is 2.39. The van der Waals surface area contributed by atoms with Gasteiger partial charge in [0.2, 0.25) is 0 Å². The maximum atomic E-state index is 5.53. The van der Waals surface area contributed by atoms with Gasteiger partial charge in [0.25, 0.3) is 0 Å². The molecular weight excluding hydrogens is 300 g/mol. The number of aryl methyl sites for hydroxylation is 2. The van der Waals surface area contributed by atoms with E-state index in [1.165, 1.54) is 11.1 Å². The van der Waals surface area contributed by atoms with E-state index in [0.717, 1.165) is 49.9 Å². The molecule has 0 unspecified atom stereocenters. The molecule has 0 fully saturated rings. The van der Waals surface area contributed by atoms with Crippen molar-refractivity contribution >= 4 is 5.69 Å². The molecule has 0 atom stereocenters. The molecule has 5 heteroatoms. The lowest BCUT2D eigenvalue weighted by molar-refractivity contribution is 0.289. The van der Waals surface area contributed by atoms with E-state index < -0.39 is 0 Å². The van der Waals surface area contributed by atoms with Gasteiger partial charge in [-0.25, -0.2) is 0 Å². The molecule has 0 radical (unpaired) electrons. The van der Waals surface area contributed by atoms with Crippen LogP contribution in [0.2, 0.25) is 0 Å². The van der Waals surface area contributed by atoms with Crippen molar-refractivity contribution in [1.29, 1.82) is 0 Å². The van der Waals surface area contributed by atoms with Crippen LogP contribution in [0.5, 0.6) is 5.75 Å². The number of nitrogens with zero attached hydrogens (tertiary/aromatic N) is 3. The van der Waals surface area contributed by atoms with Gasteiger partial charge in [-0.2, -0.15) is 5.10 Å². The third-order valence-electron chi connectivity index (χ3n) is 4.39. The minimum absolute atomic E-state index is 0.783. The molecular formula is C19H30N4O. The Morgan fingerprint density at radius 1 is 1.21 bits per heavy atom. The number of nitrogens with one attached hydrogen (secondary N) is 1. The molecule has 2 aromatic rings. The molecule has 0 aliphatic rings. The first kappa shape index (κ1) is 18.3. The van der Waals surface area contributed by atoms with E-state index in [2.05, 4.69) is 60.5 Å². The number of benzene rings is 1. The molecule has 0 aliphatic heterocycles. The summed E-state index contributed by atoms with van der Waals surface area (Å²) in [5, 5.41) is 7.97. The van der Waals surface area contributed by atoms with Crippen LogP contribution in [0.4, 0.5) is 5.69 Å². The van der Waals surface area contributed by atoms with Crippen LogP contribution in [0.1, 0.15) is 37.6 Å². The summed E-state index contributed by atoms with van der Waals surface area (Å²) in [7, 11) is 1.74. The van der Waals surface area contributed by atoms with Crippen LogP contribution >= 0.6 is 0 Å². The maximum Gasteiger partial charge on any atom is 0.123 e. The van der Waals surface area contributed by atoms with Gasteiger partial charge in [0, 0.05) is 31.4 Å². The Morgan fingerprint density at radius 3 is 2.54 bits per heavy atom. The van der Waals surface area contributed by atoms with E-state index in [0.29, 0.717) is 0 Å². The van der Waals surface area contributed by atoms with E-state index >= 15 is 0 Å². The first-order valence-corrected chi connectivity index (χ1v) is 8.77. The fraction of sp³-hybridized carbons (Fsp3) is 0.526. The van der Waals surface area contributed by atoms with Crippen LogP contribution in [0.3, 0.4) is 0 Å². The highest BCUT2D eigenvalue weighted by molar-refractivity contribution is 5.47. The number of anilines is 1. The highest BCUT2D eigenvalue weighted by Gasteiger charge is 2.09. The van der Waals surface area contributed by atoms with E-state index in [9.17, 15) is 0 Å². The minimum atomic E-state index is 0.783. The highest BCUT2D eigenvalue weighted by Crippen LogP contribution is 2.23. The fourth-order valence-electron chi connectivity index (χ4n) is 2.80. The number of ether oxygens (including phenoxy) is 1. The van der Waals surface area contributed by atoms with Crippen molar-refractivity contribution in [3.05, 3.63) is 41.2 Å². The van der Waals surface area contributed by atoms with E-state index in [1.807, 2.05) is 11.6 Å². The maximum absolute atomic E-state index is 5.53. The quantitative estimate of drug-likeness (QED) is 0.762. The summed E-state index contributed by atoms with van der Waals surface area (Å²) in [6, 6.07) is 6.43. The SMILES string of the molecule is CCN(CC)Cc1cc(CNc2cn(CC)nc2C)ccc1OC. The third-order valence-corrected chi connectivity index (χ3v) is 4.39. The van der Waals surface area contributed by atoms with Crippen molar-refractivity contribution < 1.29 is 4.74 Å². The first-order valence-electron chi connectivity index (χ1n) is 8.77. The Kier molecular flexibility index (Phi) is 6.67. The Morgan fingerprint density at radius 2 is 1.96 bits per heavy atom. The molecule has 0 amide bonds. The second kappa shape index (κ2) is 8.73. The standard InChI is InChI=1S/C19H30N4O/c1-6-22(7-2)13-17-11-16(9-10-19(17)24-5)12-20-18-14-23(8-3)21-15(18)4/h9-11,14,20H,6-8,12-13H2,1-5H3. The van der Waals surface area contributed by atoms with Gasteiger partial charge in [-0.3, -0.25) is 9.58 Å². The Labute approximate surface area is 145 Å². The monoisotopic (exact) mass is 330 g/mol. The summed E-state index contributed by atoms with van der Waals surface area (Å²) >= 11 is 0. The minimum Gasteiger partial charge on any atom is -0.496 e. The van der Waals surface area contributed by atoms with Crippen molar-refractivity contribution in [2.45, 2.75) is 47.3 Å². The zero-order valence-corrected chi connectivity index (χ0v) is 15.6. The van der Waals surface area contributed by atoms with Crippen LogP contribution in [0, 0.1) is 6.92 Å². The highest BCUT2D eigenvalue weighted by atomic mass is 16.5. The normalized spacial score (nSPS) is 11.1. The lowest BCUT2D eigenvalue weighted by atomic mass is 10.1. The van der Waals surface area contributed by atoms with E-state index in [1.54, 1.807) is 7.11 Å². The van der Waals surface area contributed by atoms with Crippen LogP contribution in [0.15, 0.2) is 24.4 Å². The van der Waals surface area contributed by atoms with Crippen LogP contribution < -0.4 is 10.1 Å². The second-order valence-electron chi connectivity index (χ2n) is 5.95. The zero-order valence-electron chi connectivity index (χ0n) is 15.6. The van der Waals surface area contributed by atoms with Gasteiger partial charge < -0.3 is 10.1 Å². The molecule has 0 bridgehead atoms. The van der Waals surface area contributed by atoms with Crippen molar-refractivity contribution in [2.75, 3.05) is 25.5 Å². The predicted octanol–water partition coefficient (Wildman–Crippen LogP) is 3.67. The van der Waals surface area contributed by atoms with Crippen molar-refractivity contribution in [3.8, 4) is 5.75 Å². The third kappa shape index (κ3) is 4.51. The van der Waals surface area contributed by atoms with Crippen LogP contribution in [-0.4, -0.2) is 34.9 Å². The molecule has 1 N–H and O–H groups in total. The number of hydrogen-bond donors (Lipinski definition) is 1. The molecule has 132 valence electrons. The largest absolute Gasteiger partial charge is 0.496 e. The molecule has 0 spiro atoms. The Bertz CT molecular complexity index is 647. The van der Waals surface area contributed by atoms with Gasteiger partial charge in [-0.15, -0.1) is 0 Å². The van der Waals surface area contributed by atoms with Gasteiger partial charge in [-0.1, -0.05) is 19.9 Å². The molecule has 0 saturated heterocycles. The second-order valence-corrected chi connectivity index (χ2v) is 5.95. The van der Waals surface area contributed by atoms with Crippen molar-refractivity contribution in [1.82, 2.24) is 14.7 Å². The fourth-order valence-corrected chi connectivity index (χ4v) is 2.80. The van der Waals surface area contributed by atoms with Gasteiger partial charge in [0.05, 0.1) is 18.5 Å². The lowest BCUT2D eigenvalue weighted by Gasteiger charge is -2.20. The Balaban J connectivity index is 2.11. The molecule has 5 nitrogen and oxygen atoms in total. The zero-order chi connectivity index (χ0) is 17.5. The number of hydrogen-bond acceptors (Lipinski definition) is 4. The molecule has 1 aromatic carbocycles. The van der Waals surface area contributed by atoms with E-state index in [-0.39, 0.29) is 0 Å². The summed E-state index contributed by atoms with van der Waals surface area (Å²) in [6.45, 7) is 13.2. The molecule has 0 aliphatic carbocycles. The topological polar surface area (TPSA) is 42.3 Å². The van der Waals surface area contributed by atoms with Gasteiger partial charge in [0.1, 0.15) is 5.75 Å². The molecule has 24 heavy (non-hydrogen) atoms. The molecule has 1 aromatic heterocycles. The molecule has 2 rings (SSSR count). The van der Waals surface area contributed by atoms with Crippen LogP contribution in [0.25, 0.3) is 0 Å². The van der Waals surface area contributed by atoms with Crippen molar-refractivity contribution in [2.24, 2.45) is 0 Å². The van der Waals surface area contributed by atoms with Crippen molar-refractivity contribution in [3.63, 3.8) is 0 Å². The average molecular weight is 330 g/mol. The Hall–Kier alpha value is -2.01. The molecule has 1 heterocycles. The molecule has 0 saturated carbocycles. The van der Waals surface area contributed by atoms with Gasteiger partial charge in [-0.05, 0) is 44.6 Å².